The van der Waals surface area contributed by atoms with Gasteiger partial charge >= 0.3 is 0 Å². The number of aromatic nitrogens is 5. The summed E-state index contributed by atoms with van der Waals surface area (Å²) in [4.78, 5) is 12.9. The van der Waals surface area contributed by atoms with E-state index < -0.39 is 0 Å². The number of anilines is 1. The Balaban J connectivity index is 1.58. The predicted molar refractivity (Wildman–Crippen MR) is 107 cm³/mol. The third kappa shape index (κ3) is 3.45. The average Bonchev–Trinajstić information content (AvgIpc) is 3.26. The van der Waals surface area contributed by atoms with E-state index in [2.05, 4.69) is 25.4 Å². The van der Waals surface area contributed by atoms with Crippen LogP contribution in [0.2, 0.25) is 0 Å². The number of fused-ring (bicyclic) bond motifs is 1. The Morgan fingerprint density at radius 2 is 2.11 bits per heavy atom. The summed E-state index contributed by atoms with van der Waals surface area (Å²) in [5.74, 6) is 0.753. The highest BCUT2D eigenvalue weighted by Crippen LogP contribution is 2.22. The van der Waals surface area contributed by atoms with Crippen LogP contribution in [0.4, 0.5) is 5.69 Å². The number of thiazole rings is 1. The minimum absolute atomic E-state index is 0.119. The van der Waals surface area contributed by atoms with Gasteiger partial charge in [-0.1, -0.05) is 0 Å². The lowest BCUT2D eigenvalue weighted by Crippen LogP contribution is -2.33. The number of hydrogen-bond donors (Lipinski definition) is 3. The van der Waals surface area contributed by atoms with Gasteiger partial charge in [0.05, 0.1) is 36.6 Å². The molecule has 3 N–H and O–H groups in total. The Kier molecular flexibility index (Phi) is 4.77. The first-order chi connectivity index (χ1) is 13.7. The first-order valence-electron chi connectivity index (χ1n) is 8.29. The van der Waals surface area contributed by atoms with Crippen molar-refractivity contribution in [3.05, 3.63) is 53.0 Å². The number of ether oxygens (including phenoxy) is 1. The zero-order valence-corrected chi connectivity index (χ0v) is 15.7. The maximum atomic E-state index is 8.36. The van der Waals surface area contributed by atoms with E-state index in [0.717, 1.165) is 11.4 Å². The zero-order valence-electron chi connectivity index (χ0n) is 14.9. The molecule has 0 bridgehead atoms. The number of nitrogens with one attached hydrogen (secondary N) is 3. The molecule has 0 radical (unpaired) electrons. The van der Waals surface area contributed by atoms with Gasteiger partial charge in [-0.15, -0.1) is 11.3 Å². The van der Waals surface area contributed by atoms with Crippen molar-refractivity contribution in [1.82, 2.24) is 24.7 Å². The van der Waals surface area contributed by atoms with E-state index >= 15 is 0 Å². The second kappa shape index (κ2) is 7.53. The SMILES string of the molecule is COc1cnc2c(NCC(=N)n3nc(-c4cscn4)ccc3=N)ccnc2c1. The summed E-state index contributed by atoms with van der Waals surface area (Å²) in [7, 11) is 1.58. The van der Waals surface area contributed by atoms with Crippen molar-refractivity contribution in [2.45, 2.75) is 0 Å². The Morgan fingerprint density at radius 3 is 2.89 bits per heavy atom. The van der Waals surface area contributed by atoms with Crippen LogP contribution in [-0.2, 0) is 0 Å². The number of hydrogen-bond acceptors (Lipinski definition) is 9. The fourth-order valence-electron chi connectivity index (χ4n) is 2.62. The molecule has 9 nitrogen and oxygen atoms in total. The highest BCUT2D eigenvalue weighted by Gasteiger charge is 2.09. The summed E-state index contributed by atoms with van der Waals surface area (Å²) in [5.41, 5.74) is 5.28. The van der Waals surface area contributed by atoms with Crippen LogP contribution in [0, 0.1) is 10.8 Å². The molecule has 0 aliphatic rings. The first-order valence-corrected chi connectivity index (χ1v) is 9.24. The van der Waals surface area contributed by atoms with Crippen molar-refractivity contribution >= 4 is 33.9 Å². The maximum Gasteiger partial charge on any atom is 0.148 e. The van der Waals surface area contributed by atoms with E-state index in [1.54, 1.807) is 49.3 Å². The quantitative estimate of drug-likeness (QED) is 0.354. The van der Waals surface area contributed by atoms with Crippen LogP contribution in [0.25, 0.3) is 22.4 Å². The van der Waals surface area contributed by atoms with Gasteiger partial charge in [0.2, 0.25) is 0 Å². The molecule has 4 heterocycles. The van der Waals surface area contributed by atoms with Gasteiger partial charge in [-0.2, -0.15) is 9.78 Å². The summed E-state index contributed by atoms with van der Waals surface area (Å²) in [6.45, 7) is 0.164. The predicted octanol–water partition coefficient (Wildman–Crippen LogP) is 2.38. The second-order valence-corrected chi connectivity index (χ2v) is 6.51. The fourth-order valence-corrected chi connectivity index (χ4v) is 3.17. The van der Waals surface area contributed by atoms with Crippen LogP contribution in [0.5, 0.6) is 5.75 Å². The minimum Gasteiger partial charge on any atom is -0.495 e. The summed E-state index contributed by atoms with van der Waals surface area (Å²) in [6.07, 6.45) is 3.29. The molecule has 0 fully saturated rings. The molecule has 0 atom stereocenters. The summed E-state index contributed by atoms with van der Waals surface area (Å²) in [6, 6.07) is 6.92. The van der Waals surface area contributed by atoms with Crippen LogP contribution in [0.1, 0.15) is 0 Å². The van der Waals surface area contributed by atoms with E-state index in [4.69, 9.17) is 15.6 Å². The van der Waals surface area contributed by atoms with Crippen LogP contribution in [0.3, 0.4) is 0 Å². The topological polar surface area (TPSA) is 125 Å². The lowest BCUT2D eigenvalue weighted by atomic mass is 10.2. The number of methoxy groups -OCH3 is 1. The summed E-state index contributed by atoms with van der Waals surface area (Å²) < 4.78 is 6.46. The Hall–Kier alpha value is -3.66. The molecule has 0 saturated heterocycles. The molecule has 0 saturated carbocycles. The standard InChI is InChI=1S/C18H16N8OS/c1-27-11-6-14-18(23-7-11)13(4-5-21-14)22-8-17(20)26-16(19)3-2-12(25-26)15-9-28-10-24-15/h2-7,9-10,19-20H,8H2,1H3,(H,21,22). The maximum absolute atomic E-state index is 8.36. The van der Waals surface area contributed by atoms with Gasteiger partial charge in [0.25, 0.3) is 0 Å². The van der Waals surface area contributed by atoms with Crippen molar-refractivity contribution in [3.8, 4) is 17.1 Å². The van der Waals surface area contributed by atoms with Crippen LogP contribution >= 0.6 is 11.3 Å². The molecule has 4 aromatic rings. The Bertz CT molecular complexity index is 1200. The molecule has 140 valence electrons. The smallest absolute Gasteiger partial charge is 0.148 e. The van der Waals surface area contributed by atoms with Gasteiger partial charge in [-0.25, -0.2) is 9.97 Å². The Labute approximate surface area is 163 Å². The molecule has 0 spiro atoms. The lowest BCUT2D eigenvalue weighted by Gasteiger charge is -2.12. The monoisotopic (exact) mass is 392 g/mol. The van der Waals surface area contributed by atoms with Crippen molar-refractivity contribution in [1.29, 1.82) is 10.8 Å². The van der Waals surface area contributed by atoms with Gasteiger partial charge in [-0.3, -0.25) is 15.8 Å². The van der Waals surface area contributed by atoms with Crippen molar-refractivity contribution in [2.24, 2.45) is 0 Å². The molecule has 0 aromatic carbocycles. The molecular formula is C18H16N8OS. The molecule has 0 amide bonds. The molecule has 10 heteroatoms. The molecule has 4 rings (SSSR count). The highest BCUT2D eigenvalue weighted by atomic mass is 32.1. The van der Waals surface area contributed by atoms with Gasteiger partial charge in [-0.05, 0) is 18.2 Å². The minimum atomic E-state index is 0.119. The average molecular weight is 392 g/mol. The summed E-state index contributed by atoms with van der Waals surface area (Å²) >= 11 is 1.47. The van der Waals surface area contributed by atoms with Crippen molar-refractivity contribution in [3.63, 3.8) is 0 Å². The first kappa shape index (κ1) is 17.7. The van der Waals surface area contributed by atoms with Crippen LogP contribution in [0.15, 0.2) is 47.5 Å². The number of pyridine rings is 2. The number of rotatable bonds is 5. The van der Waals surface area contributed by atoms with Gasteiger partial charge in [0.1, 0.15) is 34.0 Å². The third-order valence-corrected chi connectivity index (χ3v) is 4.61. The van der Waals surface area contributed by atoms with Crippen molar-refractivity contribution < 1.29 is 4.74 Å². The molecule has 4 aromatic heterocycles. The van der Waals surface area contributed by atoms with Crippen molar-refractivity contribution in [2.75, 3.05) is 19.0 Å². The van der Waals surface area contributed by atoms with E-state index in [9.17, 15) is 0 Å². The zero-order chi connectivity index (χ0) is 19.5. The van der Waals surface area contributed by atoms with Gasteiger partial charge in [0.15, 0.2) is 0 Å². The van der Waals surface area contributed by atoms with Crippen LogP contribution < -0.4 is 15.5 Å². The molecule has 28 heavy (non-hydrogen) atoms. The highest BCUT2D eigenvalue weighted by molar-refractivity contribution is 7.07. The molecular weight excluding hydrogens is 376 g/mol. The van der Waals surface area contributed by atoms with Gasteiger partial charge in [0, 0.05) is 17.6 Å². The van der Waals surface area contributed by atoms with E-state index in [-0.39, 0.29) is 17.9 Å². The molecule has 0 aliphatic carbocycles. The number of nitrogens with zero attached hydrogens (tertiary/aromatic N) is 5. The van der Waals surface area contributed by atoms with E-state index in [1.807, 2.05) is 5.38 Å². The normalized spacial score (nSPS) is 10.8. The molecule has 0 unspecified atom stereocenters. The lowest BCUT2D eigenvalue weighted by molar-refractivity contribution is 0.413. The van der Waals surface area contributed by atoms with Crippen LogP contribution in [-0.4, -0.2) is 44.2 Å². The fraction of sp³-hybridized carbons (Fsp3) is 0.111. The largest absolute Gasteiger partial charge is 0.495 e. The second-order valence-electron chi connectivity index (χ2n) is 5.79. The van der Waals surface area contributed by atoms with E-state index in [1.165, 1.54) is 16.0 Å². The van der Waals surface area contributed by atoms with Gasteiger partial charge < -0.3 is 10.1 Å². The Morgan fingerprint density at radius 1 is 1.21 bits per heavy atom. The van der Waals surface area contributed by atoms with E-state index in [0.29, 0.717) is 22.5 Å². The molecule has 0 aliphatic heterocycles. The third-order valence-electron chi connectivity index (χ3n) is 4.02. The summed E-state index contributed by atoms with van der Waals surface area (Å²) in [5, 5.41) is 25.8.